The third-order valence-corrected chi connectivity index (χ3v) is 4.94. The second-order valence-electron chi connectivity index (χ2n) is 6.43. The number of hydrogen-bond acceptors (Lipinski definition) is 1. The van der Waals surface area contributed by atoms with Crippen LogP contribution in [-0.4, -0.2) is 10.7 Å². The Bertz CT molecular complexity index is 292. The first-order valence-corrected chi connectivity index (χ1v) is 6.86. The molecule has 0 radical (unpaired) electrons. The third kappa shape index (κ3) is 1.84. The normalized spacial score (nSPS) is 44.1. The van der Waals surface area contributed by atoms with Crippen molar-refractivity contribution in [2.75, 3.05) is 0 Å². The Morgan fingerprint density at radius 1 is 1.31 bits per heavy atom. The van der Waals surface area contributed by atoms with E-state index >= 15 is 0 Å². The van der Waals surface area contributed by atoms with Crippen LogP contribution in [0.1, 0.15) is 53.4 Å². The van der Waals surface area contributed by atoms with Crippen LogP contribution in [0, 0.1) is 23.7 Å². The molecule has 92 valence electrons. The van der Waals surface area contributed by atoms with Gasteiger partial charge in [-0.3, -0.25) is 0 Å². The molecule has 0 heterocycles. The molecular weight excluding hydrogens is 196 g/mol. The largest absolute Gasteiger partial charge is 0.385 e. The van der Waals surface area contributed by atoms with Crippen molar-refractivity contribution in [1.29, 1.82) is 0 Å². The van der Waals surface area contributed by atoms with Gasteiger partial charge in [-0.1, -0.05) is 32.4 Å². The molecule has 0 aromatic heterocycles. The van der Waals surface area contributed by atoms with Crippen molar-refractivity contribution in [3.8, 4) is 0 Å². The minimum Gasteiger partial charge on any atom is -0.385 e. The average Bonchev–Trinajstić information content (AvgIpc) is 2.15. The highest BCUT2D eigenvalue weighted by Crippen LogP contribution is 2.50. The van der Waals surface area contributed by atoms with Crippen LogP contribution in [0.25, 0.3) is 0 Å². The van der Waals surface area contributed by atoms with Crippen LogP contribution in [0.4, 0.5) is 0 Å². The molecule has 1 N–H and O–H groups in total. The summed E-state index contributed by atoms with van der Waals surface area (Å²) in [6.07, 6.45) is 7.05. The lowest BCUT2D eigenvalue weighted by atomic mass is 9.57. The highest BCUT2D eigenvalue weighted by Gasteiger charge is 2.49. The van der Waals surface area contributed by atoms with E-state index in [0.29, 0.717) is 23.7 Å². The fourth-order valence-corrected chi connectivity index (χ4v) is 4.05. The molecule has 2 aliphatic carbocycles. The second kappa shape index (κ2) is 4.18. The summed E-state index contributed by atoms with van der Waals surface area (Å²) in [5, 5.41) is 11.1. The van der Waals surface area contributed by atoms with Gasteiger partial charge < -0.3 is 5.11 Å². The van der Waals surface area contributed by atoms with Gasteiger partial charge in [-0.05, 0) is 56.3 Å². The summed E-state index contributed by atoms with van der Waals surface area (Å²) < 4.78 is 0. The molecule has 0 aromatic carbocycles. The van der Waals surface area contributed by atoms with Crippen LogP contribution in [0.5, 0.6) is 0 Å². The van der Waals surface area contributed by atoms with E-state index in [1.165, 1.54) is 31.3 Å². The minimum atomic E-state index is -0.506. The monoisotopic (exact) mass is 222 g/mol. The van der Waals surface area contributed by atoms with Gasteiger partial charge in [0.15, 0.2) is 0 Å². The Morgan fingerprint density at radius 2 is 2.00 bits per heavy atom. The van der Waals surface area contributed by atoms with Gasteiger partial charge in [-0.15, -0.1) is 0 Å². The molecule has 4 atom stereocenters. The predicted molar refractivity (Wildman–Crippen MR) is 68.2 cm³/mol. The predicted octanol–water partition coefficient (Wildman–Crippen LogP) is 3.78. The zero-order valence-electron chi connectivity index (χ0n) is 11.2. The topological polar surface area (TPSA) is 20.2 Å². The molecule has 0 bridgehead atoms. The SMILES string of the molecule is CC1=C[C@]2(O)[C@@H](C(C)C)CC[C@H](C)[C@@H]2CC1. The molecule has 1 heteroatoms. The van der Waals surface area contributed by atoms with E-state index in [0.717, 1.165) is 0 Å². The van der Waals surface area contributed by atoms with Crippen LogP contribution in [0.15, 0.2) is 11.6 Å². The Labute approximate surface area is 99.9 Å². The summed E-state index contributed by atoms with van der Waals surface area (Å²) in [4.78, 5) is 0. The van der Waals surface area contributed by atoms with Gasteiger partial charge in [-0.25, -0.2) is 0 Å². The summed E-state index contributed by atoms with van der Waals surface area (Å²) in [5.74, 6) is 2.23. The molecule has 0 aliphatic heterocycles. The molecule has 1 nitrogen and oxygen atoms in total. The summed E-state index contributed by atoms with van der Waals surface area (Å²) in [7, 11) is 0. The Morgan fingerprint density at radius 3 is 2.62 bits per heavy atom. The summed E-state index contributed by atoms with van der Waals surface area (Å²) >= 11 is 0. The lowest BCUT2D eigenvalue weighted by molar-refractivity contribution is -0.0991. The van der Waals surface area contributed by atoms with Crippen LogP contribution in [0.2, 0.25) is 0 Å². The van der Waals surface area contributed by atoms with Gasteiger partial charge in [-0.2, -0.15) is 0 Å². The smallest absolute Gasteiger partial charge is 0.0891 e. The van der Waals surface area contributed by atoms with Crippen molar-refractivity contribution in [3.05, 3.63) is 11.6 Å². The van der Waals surface area contributed by atoms with Crippen LogP contribution in [0.3, 0.4) is 0 Å². The van der Waals surface area contributed by atoms with Gasteiger partial charge in [0.1, 0.15) is 0 Å². The maximum Gasteiger partial charge on any atom is 0.0891 e. The van der Waals surface area contributed by atoms with Crippen molar-refractivity contribution < 1.29 is 5.11 Å². The van der Waals surface area contributed by atoms with Crippen LogP contribution >= 0.6 is 0 Å². The second-order valence-corrected chi connectivity index (χ2v) is 6.43. The third-order valence-electron chi connectivity index (χ3n) is 4.94. The van der Waals surface area contributed by atoms with Crippen molar-refractivity contribution in [2.24, 2.45) is 23.7 Å². The number of rotatable bonds is 1. The van der Waals surface area contributed by atoms with Crippen LogP contribution in [-0.2, 0) is 0 Å². The molecular formula is C15H26O. The first-order chi connectivity index (χ1) is 7.45. The maximum atomic E-state index is 11.1. The zero-order valence-corrected chi connectivity index (χ0v) is 11.2. The molecule has 2 rings (SSSR count). The summed E-state index contributed by atoms with van der Waals surface area (Å²) in [6.45, 7) is 9.01. The number of aliphatic hydroxyl groups is 1. The lowest BCUT2D eigenvalue weighted by Gasteiger charge is -2.51. The van der Waals surface area contributed by atoms with Gasteiger partial charge in [0.25, 0.3) is 0 Å². The quantitative estimate of drug-likeness (QED) is 0.669. The average molecular weight is 222 g/mol. The first-order valence-electron chi connectivity index (χ1n) is 6.86. The van der Waals surface area contributed by atoms with E-state index in [-0.39, 0.29) is 0 Å². The van der Waals surface area contributed by atoms with Gasteiger partial charge >= 0.3 is 0 Å². The Kier molecular flexibility index (Phi) is 3.18. The van der Waals surface area contributed by atoms with E-state index in [4.69, 9.17) is 0 Å². The lowest BCUT2D eigenvalue weighted by Crippen LogP contribution is -2.52. The van der Waals surface area contributed by atoms with Crippen molar-refractivity contribution in [1.82, 2.24) is 0 Å². The summed E-state index contributed by atoms with van der Waals surface area (Å²) in [5.41, 5.74) is 0.882. The first kappa shape index (κ1) is 12.2. The van der Waals surface area contributed by atoms with E-state index < -0.39 is 5.60 Å². The zero-order chi connectivity index (χ0) is 11.9. The van der Waals surface area contributed by atoms with Crippen molar-refractivity contribution in [2.45, 2.75) is 59.0 Å². The molecule has 0 spiro atoms. The molecule has 2 aliphatic rings. The number of fused-ring (bicyclic) bond motifs is 1. The molecule has 0 amide bonds. The fraction of sp³-hybridized carbons (Fsp3) is 0.867. The van der Waals surface area contributed by atoms with Crippen molar-refractivity contribution in [3.63, 3.8) is 0 Å². The summed E-state index contributed by atoms with van der Waals surface area (Å²) in [6, 6.07) is 0. The van der Waals surface area contributed by atoms with E-state index in [1.54, 1.807) is 0 Å². The number of allylic oxidation sites excluding steroid dienone is 1. The molecule has 0 unspecified atom stereocenters. The molecule has 1 fully saturated rings. The van der Waals surface area contributed by atoms with Gasteiger partial charge in [0.05, 0.1) is 5.60 Å². The Balaban J connectivity index is 2.35. The standard InChI is InChI=1S/C15H26O/c1-10(2)13-8-6-12(4)14-7-5-11(3)9-15(13,14)16/h9-10,12-14,16H,5-8H2,1-4H3/t12-,13+,14-,15-/m0/s1. The molecule has 1 saturated carbocycles. The van der Waals surface area contributed by atoms with Crippen molar-refractivity contribution >= 4 is 0 Å². The van der Waals surface area contributed by atoms with Gasteiger partial charge in [0, 0.05) is 0 Å². The van der Waals surface area contributed by atoms with E-state index in [2.05, 4.69) is 33.8 Å². The number of hydrogen-bond donors (Lipinski definition) is 1. The highest BCUT2D eigenvalue weighted by molar-refractivity contribution is 5.20. The van der Waals surface area contributed by atoms with E-state index in [1.807, 2.05) is 0 Å². The highest BCUT2D eigenvalue weighted by atomic mass is 16.3. The maximum absolute atomic E-state index is 11.1. The molecule has 0 saturated heterocycles. The molecule has 16 heavy (non-hydrogen) atoms. The van der Waals surface area contributed by atoms with Crippen LogP contribution < -0.4 is 0 Å². The Hall–Kier alpha value is -0.300. The van der Waals surface area contributed by atoms with E-state index in [9.17, 15) is 5.11 Å². The van der Waals surface area contributed by atoms with Gasteiger partial charge in [0.2, 0.25) is 0 Å². The molecule has 0 aromatic rings. The fourth-order valence-electron chi connectivity index (χ4n) is 4.05. The minimum absolute atomic E-state index is 0.462.